The van der Waals surface area contributed by atoms with E-state index >= 15 is 0 Å². The molecule has 2 aromatic heterocycles. The molecule has 1 atom stereocenters. The molecule has 1 amide bonds. The lowest BCUT2D eigenvalue weighted by Crippen LogP contribution is -2.14. The van der Waals surface area contributed by atoms with Crippen molar-refractivity contribution in [3.8, 4) is 0 Å². The minimum atomic E-state index is -0.446. The van der Waals surface area contributed by atoms with Crippen molar-refractivity contribution >= 4 is 28.2 Å². The molecule has 0 unspecified atom stereocenters. The van der Waals surface area contributed by atoms with Crippen LogP contribution in [-0.2, 0) is 12.8 Å². The van der Waals surface area contributed by atoms with Crippen LogP contribution in [0.5, 0.6) is 0 Å². The van der Waals surface area contributed by atoms with Gasteiger partial charge in [-0.25, -0.2) is 9.61 Å². The quantitative estimate of drug-likeness (QED) is 0.862. The van der Waals surface area contributed by atoms with Crippen LogP contribution >= 0.6 is 11.3 Å². The number of fused-ring (bicyclic) bond motifs is 1. The SMILES string of the molecule is C[C@@H]1CCc2nc(NC(=O)c3nonc3N)sc2C1. The Morgan fingerprint density at radius 1 is 1.53 bits per heavy atom. The van der Waals surface area contributed by atoms with Crippen LogP contribution in [0.4, 0.5) is 10.9 Å². The number of hydrogen-bond donors (Lipinski definition) is 2. The number of anilines is 2. The van der Waals surface area contributed by atoms with Crippen LogP contribution in [0.1, 0.15) is 34.4 Å². The van der Waals surface area contributed by atoms with E-state index in [1.54, 1.807) is 0 Å². The summed E-state index contributed by atoms with van der Waals surface area (Å²) in [6.07, 6.45) is 3.14. The van der Waals surface area contributed by atoms with Gasteiger partial charge in [0.2, 0.25) is 11.5 Å². The molecule has 0 spiro atoms. The number of aryl methyl sites for hydroxylation is 1. The van der Waals surface area contributed by atoms with E-state index in [4.69, 9.17) is 5.73 Å². The van der Waals surface area contributed by atoms with Gasteiger partial charge in [0.15, 0.2) is 5.13 Å². The predicted molar refractivity (Wildman–Crippen MR) is 70.0 cm³/mol. The molecule has 2 aromatic rings. The van der Waals surface area contributed by atoms with Gasteiger partial charge in [-0.3, -0.25) is 10.1 Å². The van der Waals surface area contributed by atoms with E-state index in [1.165, 1.54) is 16.2 Å². The highest BCUT2D eigenvalue weighted by Crippen LogP contribution is 2.32. The van der Waals surface area contributed by atoms with Crippen molar-refractivity contribution in [1.29, 1.82) is 0 Å². The van der Waals surface area contributed by atoms with Crippen molar-refractivity contribution in [3.05, 3.63) is 16.3 Å². The smallest absolute Gasteiger partial charge is 0.283 e. The number of thiazole rings is 1. The summed E-state index contributed by atoms with van der Waals surface area (Å²) in [4.78, 5) is 17.6. The second-order valence-corrected chi connectivity index (χ2v) is 5.77. The second kappa shape index (κ2) is 4.61. The number of nitrogens with two attached hydrogens (primary N) is 1. The van der Waals surface area contributed by atoms with E-state index in [0.717, 1.165) is 25.0 Å². The Morgan fingerprint density at radius 3 is 3.11 bits per heavy atom. The summed E-state index contributed by atoms with van der Waals surface area (Å²) >= 11 is 1.51. The van der Waals surface area contributed by atoms with Gasteiger partial charge in [-0.15, -0.1) is 11.3 Å². The monoisotopic (exact) mass is 279 g/mol. The maximum atomic E-state index is 11.9. The summed E-state index contributed by atoms with van der Waals surface area (Å²) in [5.74, 6) is 0.206. The first-order valence-corrected chi connectivity index (χ1v) is 6.83. The van der Waals surface area contributed by atoms with E-state index in [1.807, 2.05) is 0 Å². The van der Waals surface area contributed by atoms with Crippen LogP contribution in [0.2, 0.25) is 0 Å². The Bertz CT molecular complexity index is 620. The second-order valence-electron chi connectivity index (χ2n) is 4.69. The first-order valence-electron chi connectivity index (χ1n) is 6.01. The number of aromatic nitrogens is 3. The van der Waals surface area contributed by atoms with Gasteiger partial charge in [-0.1, -0.05) is 6.92 Å². The molecule has 3 rings (SSSR count). The molecule has 7 nitrogen and oxygen atoms in total. The molecule has 100 valence electrons. The lowest BCUT2D eigenvalue weighted by Gasteiger charge is -2.15. The molecule has 0 aromatic carbocycles. The maximum absolute atomic E-state index is 11.9. The highest BCUT2D eigenvalue weighted by Gasteiger charge is 2.22. The van der Waals surface area contributed by atoms with Crippen molar-refractivity contribution < 1.29 is 9.42 Å². The predicted octanol–water partition coefficient (Wildman–Crippen LogP) is 1.49. The molecule has 0 radical (unpaired) electrons. The molecule has 0 saturated heterocycles. The van der Waals surface area contributed by atoms with E-state index in [0.29, 0.717) is 11.0 Å². The zero-order valence-electron chi connectivity index (χ0n) is 10.3. The van der Waals surface area contributed by atoms with Gasteiger partial charge < -0.3 is 5.73 Å². The molecule has 0 bridgehead atoms. The summed E-state index contributed by atoms with van der Waals surface area (Å²) in [5.41, 5.74) is 6.54. The average molecular weight is 279 g/mol. The van der Waals surface area contributed by atoms with E-state index in [-0.39, 0.29) is 11.5 Å². The standard InChI is InChI=1S/C11H13N5O2S/c1-5-2-3-6-7(4-5)19-11(13-6)14-10(17)8-9(12)16-18-15-8/h5H,2-4H2,1H3,(H2,12,16)(H,13,14,17)/t5-/m1/s1. The van der Waals surface area contributed by atoms with Gasteiger partial charge in [0.05, 0.1) is 5.69 Å². The number of amides is 1. The van der Waals surface area contributed by atoms with Crippen LogP contribution in [-0.4, -0.2) is 21.2 Å². The molecule has 3 N–H and O–H groups in total. The molecule has 8 heteroatoms. The molecular formula is C11H13N5O2S. The number of hydrogen-bond acceptors (Lipinski definition) is 7. The fourth-order valence-corrected chi connectivity index (χ4v) is 3.27. The number of nitrogen functional groups attached to an aromatic ring is 1. The third kappa shape index (κ3) is 2.30. The van der Waals surface area contributed by atoms with Crippen LogP contribution in [0.3, 0.4) is 0 Å². The third-order valence-corrected chi connectivity index (χ3v) is 4.17. The molecule has 19 heavy (non-hydrogen) atoms. The van der Waals surface area contributed by atoms with Crippen LogP contribution in [0.15, 0.2) is 4.63 Å². The van der Waals surface area contributed by atoms with Gasteiger partial charge in [-0.05, 0) is 35.5 Å². The molecule has 1 aliphatic carbocycles. The number of nitrogens with zero attached hydrogens (tertiary/aromatic N) is 3. The molecular weight excluding hydrogens is 266 g/mol. The minimum absolute atomic E-state index is 0.0125. The zero-order chi connectivity index (χ0) is 13.4. The summed E-state index contributed by atoms with van der Waals surface area (Å²) in [6.45, 7) is 2.22. The van der Waals surface area contributed by atoms with Crippen molar-refractivity contribution in [2.24, 2.45) is 5.92 Å². The highest BCUT2D eigenvalue weighted by atomic mass is 32.1. The average Bonchev–Trinajstić information content (AvgIpc) is 2.94. The minimum Gasteiger partial charge on any atom is -0.379 e. The summed E-state index contributed by atoms with van der Waals surface area (Å²) in [6, 6.07) is 0. The van der Waals surface area contributed by atoms with Gasteiger partial charge in [-0.2, -0.15) is 0 Å². The Balaban J connectivity index is 1.78. The molecule has 1 aliphatic rings. The van der Waals surface area contributed by atoms with Crippen LogP contribution in [0.25, 0.3) is 0 Å². The largest absolute Gasteiger partial charge is 0.379 e. The Hall–Kier alpha value is -1.96. The molecule has 0 saturated carbocycles. The Kier molecular flexibility index (Phi) is 2.94. The van der Waals surface area contributed by atoms with Crippen LogP contribution in [0, 0.1) is 5.92 Å². The third-order valence-electron chi connectivity index (χ3n) is 3.14. The summed E-state index contributed by atoms with van der Waals surface area (Å²) in [5, 5.41) is 10.1. The lowest BCUT2D eigenvalue weighted by molar-refractivity contribution is 0.101. The number of nitrogens with one attached hydrogen (secondary N) is 1. The zero-order valence-corrected chi connectivity index (χ0v) is 11.2. The van der Waals surface area contributed by atoms with Gasteiger partial charge in [0.1, 0.15) is 0 Å². The Morgan fingerprint density at radius 2 is 2.37 bits per heavy atom. The fraction of sp³-hybridized carbons (Fsp3) is 0.455. The van der Waals surface area contributed by atoms with Crippen molar-refractivity contribution in [2.45, 2.75) is 26.2 Å². The van der Waals surface area contributed by atoms with Crippen LogP contribution < -0.4 is 11.1 Å². The van der Waals surface area contributed by atoms with Crippen molar-refractivity contribution in [2.75, 3.05) is 11.1 Å². The molecule has 2 heterocycles. The topological polar surface area (TPSA) is 107 Å². The maximum Gasteiger partial charge on any atom is 0.283 e. The first-order chi connectivity index (χ1) is 9.13. The Labute approximate surface area is 113 Å². The number of carbonyl (C=O) groups excluding carboxylic acids is 1. The van der Waals surface area contributed by atoms with E-state index in [2.05, 4.69) is 32.2 Å². The fourth-order valence-electron chi connectivity index (χ4n) is 2.10. The summed E-state index contributed by atoms with van der Waals surface area (Å²) < 4.78 is 4.40. The molecule has 0 fully saturated rings. The van der Waals surface area contributed by atoms with Gasteiger partial charge in [0, 0.05) is 4.88 Å². The molecule has 0 aliphatic heterocycles. The number of rotatable bonds is 2. The van der Waals surface area contributed by atoms with E-state index < -0.39 is 5.91 Å². The highest BCUT2D eigenvalue weighted by molar-refractivity contribution is 7.15. The van der Waals surface area contributed by atoms with Crippen molar-refractivity contribution in [1.82, 2.24) is 15.3 Å². The van der Waals surface area contributed by atoms with Gasteiger partial charge >= 0.3 is 0 Å². The normalized spacial score (nSPS) is 18.1. The van der Waals surface area contributed by atoms with Crippen molar-refractivity contribution in [3.63, 3.8) is 0 Å². The van der Waals surface area contributed by atoms with E-state index in [9.17, 15) is 4.79 Å². The van der Waals surface area contributed by atoms with Gasteiger partial charge in [0.25, 0.3) is 5.91 Å². The summed E-state index contributed by atoms with van der Waals surface area (Å²) in [7, 11) is 0. The number of carbonyl (C=O) groups is 1. The lowest BCUT2D eigenvalue weighted by atomic mass is 9.93. The first kappa shape index (κ1) is 12.1.